The Balaban J connectivity index is 1.84. The first kappa shape index (κ1) is 13.5. The zero-order valence-corrected chi connectivity index (χ0v) is 10.9. The van der Waals surface area contributed by atoms with Crippen molar-refractivity contribution in [3.8, 4) is 0 Å². The van der Waals surface area contributed by atoms with Crippen molar-refractivity contribution in [1.82, 2.24) is 4.90 Å². The van der Waals surface area contributed by atoms with Crippen molar-refractivity contribution < 1.29 is 14.3 Å². The highest BCUT2D eigenvalue weighted by molar-refractivity contribution is 5.81. The lowest BCUT2D eigenvalue weighted by molar-refractivity contribution is -0.142. The normalized spacial score (nSPS) is 28.3. The second-order valence-electron chi connectivity index (χ2n) is 4.89. The number of nitrogens with zero attached hydrogens (tertiary/aromatic N) is 1. The lowest BCUT2D eigenvalue weighted by Crippen LogP contribution is -2.42. The Hall–Kier alpha value is -0.910. The molecular formula is C13H22N2O3. The maximum absolute atomic E-state index is 12.2. The van der Waals surface area contributed by atoms with Crippen LogP contribution in [-0.4, -0.2) is 56.4 Å². The molecule has 102 valence electrons. The Morgan fingerprint density at radius 1 is 1.61 bits per heavy atom. The van der Waals surface area contributed by atoms with Crippen LogP contribution in [0.1, 0.15) is 19.3 Å². The molecule has 2 heterocycles. The molecule has 0 radical (unpaired) electrons. The second kappa shape index (κ2) is 6.31. The molecule has 5 nitrogen and oxygen atoms in total. The van der Waals surface area contributed by atoms with E-state index < -0.39 is 0 Å². The fraction of sp³-hybridized carbons (Fsp3) is 0.769. The van der Waals surface area contributed by atoms with Crippen LogP contribution in [0.4, 0.5) is 0 Å². The number of hydrogen-bond acceptors (Lipinski definition) is 4. The van der Waals surface area contributed by atoms with Gasteiger partial charge in [-0.15, -0.1) is 0 Å². The quantitative estimate of drug-likeness (QED) is 0.733. The van der Waals surface area contributed by atoms with Crippen LogP contribution in [0.15, 0.2) is 11.6 Å². The fourth-order valence-electron chi connectivity index (χ4n) is 2.49. The predicted molar refractivity (Wildman–Crippen MR) is 68.1 cm³/mol. The summed E-state index contributed by atoms with van der Waals surface area (Å²) in [6, 6.07) is 0. The molecule has 2 aliphatic rings. The lowest BCUT2D eigenvalue weighted by atomic mass is 10.1. The maximum Gasteiger partial charge on any atom is 0.252 e. The summed E-state index contributed by atoms with van der Waals surface area (Å²) < 4.78 is 10.7. The summed E-state index contributed by atoms with van der Waals surface area (Å²) in [6.45, 7) is 2.60. The molecule has 5 heteroatoms. The molecule has 0 aromatic carbocycles. The van der Waals surface area contributed by atoms with Gasteiger partial charge >= 0.3 is 0 Å². The van der Waals surface area contributed by atoms with E-state index in [1.165, 1.54) is 5.57 Å². The van der Waals surface area contributed by atoms with E-state index in [-0.39, 0.29) is 18.1 Å². The molecule has 18 heavy (non-hydrogen) atoms. The molecule has 2 N–H and O–H groups in total. The first-order valence-electron chi connectivity index (χ1n) is 6.55. The van der Waals surface area contributed by atoms with Crippen molar-refractivity contribution in [2.24, 2.45) is 5.73 Å². The van der Waals surface area contributed by atoms with Crippen LogP contribution in [0.2, 0.25) is 0 Å². The number of carbonyl (C=O) groups is 1. The fourth-order valence-corrected chi connectivity index (χ4v) is 2.49. The molecule has 2 unspecified atom stereocenters. The highest BCUT2D eigenvalue weighted by atomic mass is 16.5. The number of amides is 1. The van der Waals surface area contributed by atoms with Crippen molar-refractivity contribution in [3.63, 3.8) is 0 Å². The third kappa shape index (κ3) is 3.10. The van der Waals surface area contributed by atoms with Gasteiger partial charge in [-0.3, -0.25) is 4.79 Å². The zero-order valence-electron chi connectivity index (χ0n) is 10.9. The van der Waals surface area contributed by atoms with Crippen molar-refractivity contribution in [2.75, 3.05) is 33.4 Å². The monoisotopic (exact) mass is 254 g/mol. The zero-order chi connectivity index (χ0) is 13.0. The van der Waals surface area contributed by atoms with Crippen LogP contribution in [-0.2, 0) is 14.3 Å². The minimum absolute atomic E-state index is 0.0586. The molecule has 0 saturated carbocycles. The summed E-state index contributed by atoms with van der Waals surface area (Å²) in [5.74, 6) is 0.110. The van der Waals surface area contributed by atoms with Crippen LogP contribution < -0.4 is 5.73 Å². The van der Waals surface area contributed by atoms with Gasteiger partial charge in [0.1, 0.15) is 6.10 Å². The smallest absolute Gasteiger partial charge is 0.252 e. The first-order valence-corrected chi connectivity index (χ1v) is 6.55. The molecule has 0 spiro atoms. The molecule has 2 atom stereocenters. The Kier molecular flexibility index (Phi) is 4.74. The van der Waals surface area contributed by atoms with E-state index in [9.17, 15) is 4.79 Å². The van der Waals surface area contributed by atoms with E-state index in [1.807, 2.05) is 4.90 Å². The van der Waals surface area contributed by atoms with Crippen LogP contribution in [0.5, 0.6) is 0 Å². The van der Waals surface area contributed by atoms with Crippen LogP contribution in [0.25, 0.3) is 0 Å². The van der Waals surface area contributed by atoms with Gasteiger partial charge in [0.25, 0.3) is 5.91 Å². The lowest BCUT2D eigenvalue weighted by Gasteiger charge is -2.28. The van der Waals surface area contributed by atoms with Gasteiger partial charge < -0.3 is 20.1 Å². The van der Waals surface area contributed by atoms with Gasteiger partial charge in [-0.25, -0.2) is 0 Å². The molecule has 0 bridgehead atoms. The summed E-state index contributed by atoms with van der Waals surface area (Å²) >= 11 is 0. The molecular weight excluding hydrogens is 232 g/mol. The Labute approximate surface area is 108 Å². The molecule has 2 rings (SSSR count). The number of methoxy groups -OCH3 is 1. The number of hydrogen-bond donors (Lipinski definition) is 1. The largest absolute Gasteiger partial charge is 0.380 e. The van der Waals surface area contributed by atoms with Crippen LogP contribution in [0.3, 0.4) is 0 Å². The second-order valence-corrected chi connectivity index (χ2v) is 4.89. The third-order valence-electron chi connectivity index (χ3n) is 3.59. The van der Waals surface area contributed by atoms with Crippen molar-refractivity contribution in [3.05, 3.63) is 11.6 Å². The highest BCUT2D eigenvalue weighted by Crippen LogP contribution is 2.22. The molecule has 0 aromatic heterocycles. The van der Waals surface area contributed by atoms with Gasteiger partial charge in [0.15, 0.2) is 0 Å². The van der Waals surface area contributed by atoms with E-state index in [1.54, 1.807) is 7.11 Å². The van der Waals surface area contributed by atoms with Gasteiger partial charge in [-0.1, -0.05) is 6.08 Å². The van der Waals surface area contributed by atoms with E-state index >= 15 is 0 Å². The predicted octanol–water partition coefficient (Wildman–Crippen LogP) is 0.298. The topological polar surface area (TPSA) is 64.8 Å². The standard InChI is InChI=1S/C13H22N2O3/c1-17-9-10-4-6-15(7-5-10)13(16)12-3-2-11(8-14)18-12/h4,11-12H,2-3,5-9,14H2,1H3. The average Bonchev–Trinajstić information content (AvgIpc) is 2.88. The average molecular weight is 254 g/mol. The Morgan fingerprint density at radius 2 is 2.44 bits per heavy atom. The third-order valence-corrected chi connectivity index (χ3v) is 3.59. The number of nitrogens with two attached hydrogens (primary N) is 1. The molecule has 2 aliphatic heterocycles. The van der Waals surface area contributed by atoms with Crippen molar-refractivity contribution >= 4 is 5.91 Å². The van der Waals surface area contributed by atoms with Crippen molar-refractivity contribution in [2.45, 2.75) is 31.5 Å². The Bertz CT molecular complexity index is 330. The maximum atomic E-state index is 12.2. The number of carbonyl (C=O) groups excluding carboxylic acids is 1. The first-order chi connectivity index (χ1) is 8.74. The SMILES string of the molecule is COCC1=CCN(C(=O)C2CCC(CN)O2)CC1. The van der Waals surface area contributed by atoms with Gasteiger partial charge in [-0.2, -0.15) is 0 Å². The van der Waals surface area contributed by atoms with E-state index in [0.717, 1.165) is 25.8 Å². The van der Waals surface area contributed by atoms with Crippen LogP contribution >= 0.6 is 0 Å². The highest BCUT2D eigenvalue weighted by Gasteiger charge is 2.33. The summed E-state index contributed by atoms with van der Waals surface area (Å²) in [4.78, 5) is 14.1. The summed E-state index contributed by atoms with van der Waals surface area (Å²) in [5.41, 5.74) is 6.82. The molecule has 1 amide bonds. The minimum atomic E-state index is -0.282. The molecule has 1 saturated heterocycles. The van der Waals surface area contributed by atoms with Gasteiger partial charge in [0.05, 0.1) is 12.7 Å². The van der Waals surface area contributed by atoms with Gasteiger partial charge in [-0.05, 0) is 24.8 Å². The number of rotatable bonds is 4. The van der Waals surface area contributed by atoms with E-state index in [2.05, 4.69) is 6.08 Å². The Morgan fingerprint density at radius 3 is 3.00 bits per heavy atom. The number of ether oxygens (including phenoxy) is 2. The summed E-state index contributed by atoms with van der Waals surface area (Å²) in [7, 11) is 1.69. The van der Waals surface area contributed by atoms with Gasteiger partial charge in [0.2, 0.25) is 0 Å². The molecule has 0 aromatic rings. The molecule has 0 aliphatic carbocycles. The summed E-state index contributed by atoms with van der Waals surface area (Å²) in [5, 5.41) is 0. The minimum Gasteiger partial charge on any atom is -0.380 e. The van der Waals surface area contributed by atoms with E-state index in [0.29, 0.717) is 19.7 Å². The molecule has 1 fully saturated rings. The van der Waals surface area contributed by atoms with Gasteiger partial charge in [0, 0.05) is 26.7 Å². The van der Waals surface area contributed by atoms with Crippen LogP contribution in [0, 0.1) is 0 Å². The van der Waals surface area contributed by atoms with E-state index in [4.69, 9.17) is 15.2 Å². The summed E-state index contributed by atoms with van der Waals surface area (Å²) in [6.07, 6.45) is 4.45. The van der Waals surface area contributed by atoms with Crippen molar-refractivity contribution in [1.29, 1.82) is 0 Å².